The predicted molar refractivity (Wildman–Crippen MR) is 45.9 cm³/mol. The van der Waals surface area contributed by atoms with E-state index >= 15 is 0 Å². The maximum Gasteiger partial charge on any atom is 0.416 e. The van der Waals surface area contributed by atoms with Gasteiger partial charge in [0.15, 0.2) is 5.82 Å². The first kappa shape index (κ1) is 10.6. The quantitative estimate of drug-likeness (QED) is 0.553. The molecule has 1 nitrogen and oxygen atoms in total. The predicted octanol–water partition coefficient (Wildman–Crippen LogP) is 2.98. The van der Waals surface area contributed by atoms with Crippen LogP contribution in [0.4, 0.5) is 23.2 Å². The van der Waals surface area contributed by atoms with E-state index in [1.54, 1.807) is 0 Å². The second-order valence-electron chi connectivity index (χ2n) is 2.69. The lowest BCUT2D eigenvalue weighted by Gasteiger charge is -2.11. The lowest BCUT2D eigenvalue weighted by Crippen LogP contribution is -2.11. The van der Waals surface area contributed by atoms with Gasteiger partial charge in [-0.3, -0.25) is 0 Å². The minimum atomic E-state index is -4.64. The third-order valence-electron chi connectivity index (χ3n) is 1.70. The molecular weight excluding hydrogens is 198 g/mol. The van der Waals surface area contributed by atoms with E-state index in [9.17, 15) is 17.6 Å². The Hall–Kier alpha value is -1.52. The molecule has 0 radical (unpaired) electrons. The standard InChI is InChI=1S/C9H7F4N/c1-5(9(11,12)13)6-3-2-4-7(14)8(6)10/h2-4H,1,14H2. The molecule has 0 aliphatic carbocycles. The summed E-state index contributed by atoms with van der Waals surface area (Å²) in [6, 6.07) is 3.41. The van der Waals surface area contributed by atoms with Crippen LogP contribution in [0.3, 0.4) is 0 Å². The molecule has 1 aromatic carbocycles. The van der Waals surface area contributed by atoms with Gasteiger partial charge in [0.1, 0.15) is 0 Å². The van der Waals surface area contributed by atoms with Crippen LogP contribution >= 0.6 is 0 Å². The molecule has 76 valence electrons. The van der Waals surface area contributed by atoms with Crippen molar-refractivity contribution in [1.82, 2.24) is 0 Å². The van der Waals surface area contributed by atoms with Crippen LogP contribution in [0.2, 0.25) is 0 Å². The molecule has 2 N–H and O–H groups in total. The van der Waals surface area contributed by atoms with Crippen LogP contribution in [0, 0.1) is 5.82 Å². The number of nitrogen functional groups attached to an aromatic ring is 1. The third kappa shape index (κ3) is 1.86. The van der Waals surface area contributed by atoms with Crippen molar-refractivity contribution in [1.29, 1.82) is 0 Å². The summed E-state index contributed by atoms with van der Waals surface area (Å²) in [5.41, 5.74) is 2.94. The summed E-state index contributed by atoms with van der Waals surface area (Å²) in [5.74, 6) is -1.09. The topological polar surface area (TPSA) is 26.0 Å². The van der Waals surface area contributed by atoms with E-state index in [1.807, 2.05) is 0 Å². The molecule has 0 saturated carbocycles. The summed E-state index contributed by atoms with van der Waals surface area (Å²) in [4.78, 5) is 0. The van der Waals surface area contributed by atoms with Gasteiger partial charge in [0.2, 0.25) is 0 Å². The molecular formula is C9H7F4N. The van der Waals surface area contributed by atoms with Crippen molar-refractivity contribution in [2.24, 2.45) is 0 Å². The van der Waals surface area contributed by atoms with Crippen LogP contribution < -0.4 is 5.73 Å². The minimum absolute atomic E-state index is 0.326. The van der Waals surface area contributed by atoms with Crippen molar-refractivity contribution in [2.75, 3.05) is 5.73 Å². The van der Waals surface area contributed by atoms with Crippen molar-refractivity contribution in [3.8, 4) is 0 Å². The monoisotopic (exact) mass is 205 g/mol. The number of anilines is 1. The molecule has 1 aromatic rings. The fourth-order valence-corrected chi connectivity index (χ4v) is 0.936. The highest BCUT2D eigenvalue weighted by Gasteiger charge is 2.34. The Labute approximate surface area is 77.8 Å². The van der Waals surface area contributed by atoms with Gasteiger partial charge in [-0.05, 0) is 6.07 Å². The van der Waals surface area contributed by atoms with Gasteiger partial charge < -0.3 is 5.73 Å². The van der Waals surface area contributed by atoms with Crippen molar-refractivity contribution < 1.29 is 17.6 Å². The molecule has 0 aliphatic heterocycles. The fraction of sp³-hybridized carbons (Fsp3) is 0.111. The Kier molecular flexibility index (Phi) is 2.51. The van der Waals surface area contributed by atoms with E-state index in [2.05, 4.69) is 6.58 Å². The third-order valence-corrected chi connectivity index (χ3v) is 1.70. The molecule has 0 amide bonds. The molecule has 0 aliphatic rings. The van der Waals surface area contributed by atoms with Gasteiger partial charge in [0, 0.05) is 5.56 Å². The summed E-state index contributed by atoms with van der Waals surface area (Å²) < 4.78 is 49.5. The number of allylic oxidation sites excluding steroid dienone is 1. The van der Waals surface area contributed by atoms with E-state index in [4.69, 9.17) is 5.73 Å². The lowest BCUT2D eigenvalue weighted by atomic mass is 10.1. The second-order valence-corrected chi connectivity index (χ2v) is 2.69. The molecule has 0 atom stereocenters. The lowest BCUT2D eigenvalue weighted by molar-refractivity contribution is -0.0688. The number of hydrogen-bond acceptors (Lipinski definition) is 1. The Morgan fingerprint density at radius 3 is 2.36 bits per heavy atom. The summed E-state index contributed by atoms with van der Waals surface area (Å²) in [6.45, 7) is 2.78. The SMILES string of the molecule is C=C(c1cccc(N)c1F)C(F)(F)F. The normalized spacial score (nSPS) is 11.4. The van der Waals surface area contributed by atoms with Gasteiger partial charge >= 0.3 is 6.18 Å². The molecule has 0 saturated heterocycles. The van der Waals surface area contributed by atoms with Gasteiger partial charge in [0.05, 0.1) is 11.3 Å². The number of nitrogens with two attached hydrogens (primary N) is 1. The largest absolute Gasteiger partial charge is 0.416 e. The first-order valence-electron chi connectivity index (χ1n) is 3.64. The van der Waals surface area contributed by atoms with Gasteiger partial charge in [-0.25, -0.2) is 4.39 Å². The molecule has 0 bridgehead atoms. The number of benzene rings is 1. The molecule has 0 spiro atoms. The van der Waals surface area contributed by atoms with E-state index in [0.717, 1.165) is 6.07 Å². The number of alkyl halides is 3. The summed E-state index contributed by atoms with van der Waals surface area (Å²) in [5, 5.41) is 0. The van der Waals surface area contributed by atoms with E-state index < -0.39 is 23.1 Å². The van der Waals surface area contributed by atoms with Crippen molar-refractivity contribution in [2.45, 2.75) is 6.18 Å². The molecule has 14 heavy (non-hydrogen) atoms. The zero-order valence-electron chi connectivity index (χ0n) is 7.03. The maximum atomic E-state index is 13.1. The van der Waals surface area contributed by atoms with Crippen molar-refractivity contribution in [3.05, 3.63) is 36.2 Å². The molecule has 0 unspecified atom stereocenters. The molecule has 0 fully saturated rings. The smallest absolute Gasteiger partial charge is 0.396 e. The first-order valence-corrected chi connectivity index (χ1v) is 3.64. The van der Waals surface area contributed by atoms with Gasteiger partial charge in [-0.1, -0.05) is 18.7 Å². The highest BCUT2D eigenvalue weighted by atomic mass is 19.4. The Balaban J connectivity index is 3.21. The molecule has 0 aromatic heterocycles. The van der Waals surface area contributed by atoms with Crippen LogP contribution in [0.5, 0.6) is 0 Å². The van der Waals surface area contributed by atoms with Gasteiger partial charge in [-0.2, -0.15) is 13.2 Å². The highest BCUT2D eigenvalue weighted by molar-refractivity contribution is 5.70. The van der Waals surface area contributed by atoms with Crippen molar-refractivity contribution in [3.63, 3.8) is 0 Å². The van der Waals surface area contributed by atoms with E-state index in [-0.39, 0.29) is 5.69 Å². The van der Waals surface area contributed by atoms with Crippen LogP contribution in [0.15, 0.2) is 24.8 Å². The zero-order valence-corrected chi connectivity index (χ0v) is 7.03. The summed E-state index contributed by atoms with van der Waals surface area (Å²) in [6.07, 6.45) is -4.64. The number of rotatable bonds is 1. The zero-order chi connectivity index (χ0) is 10.9. The first-order chi connectivity index (χ1) is 6.34. The van der Waals surface area contributed by atoms with Crippen LogP contribution in [-0.4, -0.2) is 6.18 Å². The van der Waals surface area contributed by atoms with Crippen LogP contribution in [-0.2, 0) is 0 Å². The molecule has 1 rings (SSSR count). The minimum Gasteiger partial charge on any atom is -0.396 e. The molecule has 0 heterocycles. The number of halogens is 4. The molecule has 5 heteroatoms. The Morgan fingerprint density at radius 1 is 1.29 bits per heavy atom. The summed E-state index contributed by atoms with van der Waals surface area (Å²) in [7, 11) is 0. The van der Waals surface area contributed by atoms with Crippen molar-refractivity contribution >= 4 is 11.3 Å². The second kappa shape index (κ2) is 3.32. The average Bonchev–Trinajstić information content (AvgIpc) is 2.07. The number of hydrogen-bond donors (Lipinski definition) is 1. The van der Waals surface area contributed by atoms with Crippen LogP contribution in [0.1, 0.15) is 5.56 Å². The Bertz CT molecular complexity index is 368. The Morgan fingerprint density at radius 2 is 1.86 bits per heavy atom. The van der Waals surface area contributed by atoms with E-state index in [0.29, 0.717) is 0 Å². The van der Waals surface area contributed by atoms with Gasteiger partial charge in [0.25, 0.3) is 0 Å². The average molecular weight is 205 g/mol. The fourth-order valence-electron chi connectivity index (χ4n) is 0.936. The summed E-state index contributed by atoms with van der Waals surface area (Å²) >= 11 is 0. The highest BCUT2D eigenvalue weighted by Crippen LogP contribution is 2.34. The van der Waals surface area contributed by atoms with Crippen LogP contribution in [0.25, 0.3) is 5.57 Å². The maximum absolute atomic E-state index is 13.1. The van der Waals surface area contributed by atoms with Gasteiger partial charge in [-0.15, -0.1) is 0 Å². The van der Waals surface area contributed by atoms with E-state index in [1.165, 1.54) is 12.1 Å².